The van der Waals surface area contributed by atoms with Crippen LogP contribution in [0.1, 0.15) is 12.8 Å². The highest BCUT2D eigenvalue weighted by atomic mass is 32.2. The Morgan fingerprint density at radius 2 is 2.06 bits per heavy atom. The summed E-state index contributed by atoms with van der Waals surface area (Å²) in [6.07, 6.45) is 1.08. The monoisotopic (exact) mass is 247 g/mol. The summed E-state index contributed by atoms with van der Waals surface area (Å²) in [4.78, 5) is -0.0866. The number of aliphatic hydroxyl groups is 1. The molecule has 6 heteroatoms. The highest BCUT2D eigenvalue weighted by Crippen LogP contribution is 2.10. The van der Waals surface area contributed by atoms with Crippen molar-refractivity contribution in [3.8, 4) is 0 Å². The molecule has 0 aliphatic rings. The van der Waals surface area contributed by atoms with E-state index in [2.05, 4.69) is 4.72 Å². The van der Waals surface area contributed by atoms with Gasteiger partial charge in [-0.3, -0.25) is 0 Å². The SMILES string of the molecule is O=S(=O)(NCCCCO)c1cccc(F)c1. The molecule has 1 aromatic carbocycles. The Bertz CT molecular complexity index is 433. The third-order valence-electron chi connectivity index (χ3n) is 1.98. The molecule has 0 aliphatic heterocycles. The number of benzene rings is 1. The van der Waals surface area contributed by atoms with Gasteiger partial charge in [-0.15, -0.1) is 0 Å². The van der Waals surface area contributed by atoms with Gasteiger partial charge in [0.05, 0.1) is 4.90 Å². The van der Waals surface area contributed by atoms with Gasteiger partial charge in [0.15, 0.2) is 0 Å². The van der Waals surface area contributed by atoms with Crippen LogP contribution in [0.3, 0.4) is 0 Å². The fraction of sp³-hybridized carbons (Fsp3) is 0.400. The molecule has 0 bridgehead atoms. The van der Waals surface area contributed by atoms with Gasteiger partial charge in [0.2, 0.25) is 10.0 Å². The lowest BCUT2D eigenvalue weighted by Crippen LogP contribution is -2.25. The number of aliphatic hydroxyl groups excluding tert-OH is 1. The van der Waals surface area contributed by atoms with Crippen molar-refractivity contribution < 1.29 is 17.9 Å². The van der Waals surface area contributed by atoms with E-state index < -0.39 is 15.8 Å². The van der Waals surface area contributed by atoms with Gasteiger partial charge in [-0.05, 0) is 31.0 Å². The molecule has 4 nitrogen and oxygen atoms in total. The molecule has 0 spiro atoms. The Morgan fingerprint density at radius 3 is 2.69 bits per heavy atom. The minimum absolute atomic E-state index is 0.0295. The Hall–Kier alpha value is -0.980. The highest BCUT2D eigenvalue weighted by molar-refractivity contribution is 7.89. The van der Waals surface area contributed by atoms with E-state index in [-0.39, 0.29) is 18.0 Å². The van der Waals surface area contributed by atoms with E-state index in [9.17, 15) is 12.8 Å². The van der Waals surface area contributed by atoms with E-state index in [1.165, 1.54) is 18.2 Å². The zero-order valence-electron chi connectivity index (χ0n) is 8.69. The molecule has 1 rings (SSSR count). The molecule has 2 N–H and O–H groups in total. The van der Waals surface area contributed by atoms with Gasteiger partial charge >= 0.3 is 0 Å². The second kappa shape index (κ2) is 5.93. The quantitative estimate of drug-likeness (QED) is 0.733. The number of hydrogen-bond acceptors (Lipinski definition) is 3. The van der Waals surface area contributed by atoms with Crippen LogP contribution in [-0.2, 0) is 10.0 Å². The molecule has 0 aromatic heterocycles. The van der Waals surface area contributed by atoms with Crippen LogP contribution in [0.5, 0.6) is 0 Å². The molecule has 0 atom stereocenters. The molecule has 0 saturated carbocycles. The molecule has 90 valence electrons. The average molecular weight is 247 g/mol. The second-order valence-corrected chi connectivity index (χ2v) is 5.05. The van der Waals surface area contributed by atoms with Crippen LogP contribution in [0, 0.1) is 5.82 Å². The molecular weight excluding hydrogens is 233 g/mol. The standard InChI is InChI=1S/C10H14FNO3S/c11-9-4-3-5-10(8-9)16(14,15)12-6-1-2-7-13/h3-5,8,12-13H,1-2,6-7H2. The number of unbranched alkanes of at least 4 members (excludes halogenated alkanes) is 1. The van der Waals surface area contributed by atoms with Crippen molar-refractivity contribution in [3.63, 3.8) is 0 Å². The molecule has 16 heavy (non-hydrogen) atoms. The predicted octanol–water partition coefficient (Wildman–Crippen LogP) is 0.876. The van der Waals surface area contributed by atoms with Crippen LogP contribution in [0.25, 0.3) is 0 Å². The van der Waals surface area contributed by atoms with E-state index in [1.54, 1.807) is 0 Å². The summed E-state index contributed by atoms with van der Waals surface area (Å²) in [5.74, 6) is -0.585. The van der Waals surface area contributed by atoms with Crippen LogP contribution >= 0.6 is 0 Å². The zero-order chi connectivity index (χ0) is 12.0. The summed E-state index contributed by atoms with van der Waals surface area (Å²) in [5.41, 5.74) is 0. The number of sulfonamides is 1. The Labute approximate surface area is 94.2 Å². The summed E-state index contributed by atoms with van der Waals surface area (Å²) in [7, 11) is -3.63. The Balaban J connectivity index is 2.64. The molecule has 0 amide bonds. The van der Waals surface area contributed by atoms with E-state index in [1.807, 2.05) is 0 Å². The number of halogens is 1. The van der Waals surface area contributed by atoms with Crippen molar-refractivity contribution >= 4 is 10.0 Å². The largest absolute Gasteiger partial charge is 0.396 e. The predicted molar refractivity (Wildman–Crippen MR) is 57.9 cm³/mol. The lowest BCUT2D eigenvalue weighted by atomic mass is 10.3. The van der Waals surface area contributed by atoms with Crippen LogP contribution in [0.2, 0.25) is 0 Å². The minimum Gasteiger partial charge on any atom is -0.396 e. The lowest BCUT2D eigenvalue weighted by Gasteiger charge is -2.05. The summed E-state index contributed by atoms with van der Waals surface area (Å²) >= 11 is 0. The first-order valence-electron chi connectivity index (χ1n) is 4.92. The van der Waals surface area contributed by atoms with Crippen LogP contribution < -0.4 is 4.72 Å². The van der Waals surface area contributed by atoms with Crippen LogP contribution in [0.4, 0.5) is 4.39 Å². The first-order chi connectivity index (χ1) is 7.56. The van der Waals surface area contributed by atoms with Gasteiger partial charge in [-0.2, -0.15) is 0 Å². The molecular formula is C10H14FNO3S. The highest BCUT2D eigenvalue weighted by Gasteiger charge is 2.13. The van der Waals surface area contributed by atoms with Crippen LogP contribution in [0.15, 0.2) is 29.2 Å². The van der Waals surface area contributed by atoms with Gasteiger partial charge in [-0.1, -0.05) is 6.07 Å². The average Bonchev–Trinajstić information content (AvgIpc) is 2.24. The Morgan fingerprint density at radius 1 is 1.31 bits per heavy atom. The Kier molecular flexibility index (Phi) is 4.85. The van der Waals surface area contributed by atoms with E-state index in [0.717, 1.165) is 6.07 Å². The van der Waals surface area contributed by atoms with E-state index in [0.29, 0.717) is 12.8 Å². The van der Waals surface area contributed by atoms with Gasteiger partial charge in [0.25, 0.3) is 0 Å². The third-order valence-corrected chi connectivity index (χ3v) is 3.44. The fourth-order valence-corrected chi connectivity index (χ4v) is 2.27. The van der Waals surface area contributed by atoms with Crippen LogP contribution in [-0.4, -0.2) is 26.7 Å². The topological polar surface area (TPSA) is 66.4 Å². The summed E-state index contributed by atoms with van der Waals surface area (Å²) in [5, 5.41) is 8.52. The molecule has 0 radical (unpaired) electrons. The van der Waals surface area contributed by atoms with E-state index >= 15 is 0 Å². The van der Waals surface area contributed by atoms with Gasteiger partial charge < -0.3 is 5.11 Å². The summed E-state index contributed by atoms with van der Waals surface area (Å²) in [6, 6.07) is 4.83. The number of hydrogen-bond donors (Lipinski definition) is 2. The number of rotatable bonds is 6. The van der Waals surface area contributed by atoms with Crippen molar-refractivity contribution in [3.05, 3.63) is 30.1 Å². The fourth-order valence-electron chi connectivity index (χ4n) is 1.16. The van der Waals surface area contributed by atoms with Crippen molar-refractivity contribution in [1.82, 2.24) is 4.72 Å². The first-order valence-corrected chi connectivity index (χ1v) is 6.40. The lowest BCUT2D eigenvalue weighted by molar-refractivity contribution is 0.285. The summed E-state index contributed by atoms with van der Waals surface area (Å²) in [6.45, 7) is 0.265. The molecule has 0 saturated heterocycles. The van der Waals surface area contributed by atoms with Crippen molar-refractivity contribution in [2.75, 3.05) is 13.2 Å². The van der Waals surface area contributed by atoms with Crippen molar-refractivity contribution in [1.29, 1.82) is 0 Å². The smallest absolute Gasteiger partial charge is 0.240 e. The van der Waals surface area contributed by atoms with Crippen molar-refractivity contribution in [2.24, 2.45) is 0 Å². The zero-order valence-corrected chi connectivity index (χ0v) is 9.50. The van der Waals surface area contributed by atoms with Gasteiger partial charge in [0, 0.05) is 13.2 Å². The third kappa shape index (κ3) is 3.88. The molecule has 0 aliphatic carbocycles. The maximum atomic E-state index is 12.8. The van der Waals surface area contributed by atoms with Crippen molar-refractivity contribution in [2.45, 2.75) is 17.7 Å². The van der Waals surface area contributed by atoms with Gasteiger partial charge in [-0.25, -0.2) is 17.5 Å². The normalized spacial score (nSPS) is 11.6. The molecule has 0 fully saturated rings. The molecule has 0 heterocycles. The maximum Gasteiger partial charge on any atom is 0.240 e. The minimum atomic E-state index is -3.63. The first kappa shape index (κ1) is 13.1. The van der Waals surface area contributed by atoms with E-state index in [4.69, 9.17) is 5.11 Å². The van der Waals surface area contributed by atoms with Gasteiger partial charge in [0.1, 0.15) is 5.82 Å². The molecule has 0 unspecified atom stereocenters. The number of nitrogens with one attached hydrogen (secondary N) is 1. The molecule has 1 aromatic rings. The maximum absolute atomic E-state index is 12.8. The second-order valence-electron chi connectivity index (χ2n) is 3.29. The summed E-state index contributed by atoms with van der Waals surface area (Å²) < 4.78 is 38.4.